The minimum Gasteiger partial charge on any atom is -0.477 e. The second-order valence-corrected chi connectivity index (χ2v) is 6.61. The van der Waals surface area contributed by atoms with Crippen molar-refractivity contribution in [1.29, 1.82) is 5.26 Å². The lowest BCUT2D eigenvalue weighted by Gasteiger charge is -2.37. The van der Waals surface area contributed by atoms with Gasteiger partial charge in [0.05, 0.1) is 5.57 Å². The van der Waals surface area contributed by atoms with E-state index in [1.54, 1.807) is 0 Å². The summed E-state index contributed by atoms with van der Waals surface area (Å²) < 4.78 is 0. The van der Waals surface area contributed by atoms with Crippen LogP contribution in [0.1, 0.15) is 39.5 Å². The Kier molecular flexibility index (Phi) is 4.27. The van der Waals surface area contributed by atoms with E-state index in [1.165, 1.54) is 0 Å². The summed E-state index contributed by atoms with van der Waals surface area (Å²) >= 11 is 0. The fourth-order valence-corrected chi connectivity index (χ4v) is 3.30. The molecule has 2 rings (SSSR count). The molecule has 2 aliphatic rings. The molecule has 1 saturated heterocycles. The van der Waals surface area contributed by atoms with Gasteiger partial charge in [0.1, 0.15) is 11.6 Å². The van der Waals surface area contributed by atoms with Crippen LogP contribution in [-0.4, -0.2) is 40.1 Å². The average Bonchev–Trinajstić information content (AvgIpc) is 2.89. The van der Waals surface area contributed by atoms with Crippen molar-refractivity contribution >= 4 is 11.9 Å². The molecule has 0 saturated carbocycles. The molecule has 6 heteroatoms. The maximum Gasteiger partial charge on any atom is 0.343 e. The van der Waals surface area contributed by atoms with E-state index in [0.717, 1.165) is 31.6 Å². The first-order chi connectivity index (χ1) is 10.3. The van der Waals surface area contributed by atoms with Crippen LogP contribution < -0.4 is 0 Å². The Bertz CT molecular complexity index is 601. The predicted octanol–water partition coefficient (Wildman–Crippen LogP) is 2.15. The van der Waals surface area contributed by atoms with Crippen molar-refractivity contribution in [1.82, 2.24) is 4.90 Å². The number of aliphatic carboxylic acids is 2. The number of carboxylic acid groups (broad SMARTS) is 2. The van der Waals surface area contributed by atoms with E-state index >= 15 is 0 Å². The molecule has 0 atom stereocenters. The Morgan fingerprint density at radius 1 is 1.14 bits per heavy atom. The largest absolute Gasteiger partial charge is 0.477 e. The molecule has 0 aromatic heterocycles. The lowest BCUT2D eigenvalue weighted by atomic mass is 9.72. The van der Waals surface area contributed by atoms with Crippen molar-refractivity contribution in [3.8, 4) is 6.07 Å². The summed E-state index contributed by atoms with van der Waals surface area (Å²) in [5, 5.41) is 28.0. The zero-order valence-electron chi connectivity index (χ0n) is 12.8. The SMILES string of the molecule is CC1(C)CC(=C(C(=O)O)C(=O)O)C(C#N)=C(N2CCCC2)C1. The molecule has 0 spiro atoms. The molecule has 0 aromatic carbocycles. The third kappa shape index (κ3) is 2.98. The highest BCUT2D eigenvalue weighted by molar-refractivity contribution is 6.14. The van der Waals surface area contributed by atoms with Crippen molar-refractivity contribution in [3.05, 3.63) is 22.4 Å². The number of nitrogens with zero attached hydrogens (tertiary/aromatic N) is 2. The number of carboxylic acids is 2. The molecule has 0 radical (unpaired) electrons. The van der Waals surface area contributed by atoms with Gasteiger partial charge >= 0.3 is 11.9 Å². The summed E-state index contributed by atoms with van der Waals surface area (Å²) in [7, 11) is 0. The second kappa shape index (κ2) is 5.84. The van der Waals surface area contributed by atoms with Crippen LogP contribution in [0.25, 0.3) is 0 Å². The van der Waals surface area contributed by atoms with Gasteiger partial charge in [0.25, 0.3) is 0 Å². The van der Waals surface area contributed by atoms with Crippen molar-refractivity contribution in [2.75, 3.05) is 13.1 Å². The van der Waals surface area contributed by atoms with Gasteiger partial charge < -0.3 is 15.1 Å². The van der Waals surface area contributed by atoms with Crippen LogP contribution in [0.15, 0.2) is 22.4 Å². The first-order valence-electron chi connectivity index (χ1n) is 7.35. The van der Waals surface area contributed by atoms with Crippen molar-refractivity contribution in [3.63, 3.8) is 0 Å². The van der Waals surface area contributed by atoms with E-state index in [2.05, 4.69) is 11.0 Å². The molecular weight excluding hydrogens is 284 g/mol. The van der Waals surface area contributed by atoms with Gasteiger partial charge in [-0.3, -0.25) is 0 Å². The van der Waals surface area contributed by atoms with Crippen LogP contribution >= 0.6 is 0 Å². The van der Waals surface area contributed by atoms with Crippen molar-refractivity contribution < 1.29 is 19.8 Å². The molecule has 0 amide bonds. The van der Waals surface area contributed by atoms with Crippen molar-refractivity contribution in [2.45, 2.75) is 39.5 Å². The summed E-state index contributed by atoms with van der Waals surface area (Å²) in [5.41, 5.74) is 0.234. The smallest absolute Gasteiger partial charge is 0.343 e. The second-order valence-electron chi connectivity index (χ2n) is 6.61. The number of hydrogen-bond acceptors (Lipinski definition) is 4. The van der Waals surface area contributed by atoms with Gasteiger partial charge in [-0.05, 0) is 36.7 Å². The van der Waals surface area contributed by atoms with Gasteiger partial charge in [0.2, 0.25) is 0 Å². The molecular formula is C16H20N2O4. The molecule has 1 aliphatic carbocycles. The van der Waals surface area contributed by atoms with E-state index in [9.17, 15) is 25.1 Å². The third-order valence-electron chi connectivity index (χ3n) is 4.22. The molecule has 0 unspecified atom stereocenters. The highest BCUT2D eigenvalue weighted by Gasteiger charge is 2.37. The zero-order valence-corrected chi connectivity index (χ0v) is 12.8. The zero-order chi connectivity index (χ0) is 16.5. The summed E-state index contributed by atoms with van der Waals surface area (Å²) in [6.45, 7) is 5.61. The summed E-state index contributed by atoms with van der Waals surface area (Å²) in [6, 6.07) is 2.06. The summed E-state index contributed by atoms with van der Waals surface area (Å²) in [6.07, 6.45) is 3.01. The average molecular weight is 304 g/mol. The Balaban J connectivity index is 2.67. The molecule has 0 aromatic rings. The van der Waals surface area contributed by atoms with Gasteiger partial charge in [0, 0.05) is 18.8 Å². The van der Waals surface area contributed by atoms with Crippen LogP contribution in [-0.2, 0) is 9.59 Å². The van der Waals surface area contributed by atoms with Gasteiger partial charge in [-0.15, -0.1) is 0 Å². The van der Waals surface area contributed by atoms with E-state index in [1.807, 2.05) is 13.8 Å². The molecule has 6 nitrogen and oxygen atoms in total. The van der Waals surface area contributed by atoms with E-state index < -0.39 is 17.5 Å². The number of nitriles is 1. The first-order valence-corrected chi connectivity index (χ1v) is 7.35. The van der Waals surface area contributed by atoms with Gasteiger partial charge in [-0.25, -0.2) is 9.59 Å². The minimum atomic E-state index is -1.49. The van der Waals surface area contributed by atoms with Gasteiger partial charge in [-0.1, -0.05) is 13.8 Å². The van der Waals surface area contributed by atoms with Crippen molar-refractivity contribution in [2.24, 2.45) is 5.41 Å². The number of hydrogen-bond donors (Lipinski definition) is 2. The fourth-order valence-electron chi connectivity index (χ4n) is 3.30. The quantitative estimate of drug-likeness (QED) is 0.470. The molecule has 118 valence electrons. The van der Waals surface area contributed by atoms with E-state index in [-0.39, 0.29) is 23.0 Å². The third-order valence-corrected chi connectivity index (χ3v) is 4.22. The Labute approximate surface area is 129 Å². The molecule has 2 N–H and O–H groups in total. The highest BCUT2D eigenvalue weighted by atomic mass is 16.4. The lowest BCUT2D eigenvalue weighted by molar-refractivity contribution is -0.140. The summed E-state index contributed by atoms with van der Waals surface area (Å²) in [4.78, 5) is 24.8. The van der Waals surface area contributed by atoms with Crippen LogP contribution in [0.2, 0.25) is 0 Å². The predicted molar refractivity (Wildman–Crippen MR) is 78.8 cm³/mol. The molecule has 0 bridgehead atoms. The fraction of sp³-hybridized carbons (Fsp3) is 0.562. The Morgan fingerprint density at radius 3 is 2.14 bits per heavy atom. The summed E-state index contributed by atoms with van der Waals surface area (Å²) in [5.74, 6) is -2.98. The maximum atomic E-state index is 11.4. The van der Waals surface area contributed by atoms with E-state index in [4.69, 9.17) is 0 Å². The Morgan fingerprint density at radius 2 is 1.68 bits per heavy atom. The van der Waals surface area contributed by atoms with Gasteiger partial charge in [0.15, 0.2) is 0 Å². The van der Waals surface area contributed by atoms with Crippen LogP contribution in [0.5, 0.6) is 0 Å². The lowest BCUT2D eigenvalue weighted by Crippen LogP contribution is -2.31. The van der Waals surface area contributed by atoms with Crippen LogP contribution in [0, 0.1) is 16.7 Å². The number of allylic oxidation sites excluding steroid dienone is 3. The van der Waals surface area contributed by atoms with E-state index in [0.29, 0.717) is 6.42 Å². The van der Waals surface area contributed by atoms with Crippen LogP contribution in [0.4, 0.5) is 0 Å². The molecule has 1 aliphatic heterocycles. The minimum absolute atomic E-state index is 0.153. The molecule has 22 heavy (non-hydrogen) atoms. The monoisotopic (exact) mass is 304 g/mol. The van der Waals surface area contributed by atoms with Crippen LogP contribution in [0.3, 0.4) is 0 Å². The number of carbonyl (C=O) groups is 2. The number of likely N-dealkylation sites (tertiary alicyclic amines) is 1. The molecule has 1 heterocycles. The Hall–Kier alpha value is -2.29. The first kappa shape index (κ1) is 16.1. The topological polar surface area (TPSA) is 102 Å². The number of rotatable bonds is 3. The maximum absolute atomic E-state index is 11.4. The highest BCUT2D eigenvalue weighted by Crippen LogP contribution is 2.44. The van der Waals surface area contributed by atoms with Gasteiger partial charge in [-0.2, -0.15) is 5.26 Å². The standard InChI is InChI=1S/C16H20N2O4/c1-16(2)7-10(13(14(19)20)15(21)22)11(9-17)12(8-16)18-5-3-4-6-18/h3-8H2,1-2H3,(H,19,20)(H,21,22). The normalized spacial score (nSPS) is 20.8. The molecule has 1 fully saturated rings.